The lowest BCUT2D eigenvalue weighted by Gasteiger charge is -2.61. The molecule has 0 radical (unpaired) electrons. The third-order valence-corrected chi connectivity index (χ3v) is 7.05. The van der Waals surface area contributed by atoms with E-state index in [1.165, 1.54) is 4.57 Å². The van der Waals surface area contributed by atoms with Crippen molar-refractivity contribution in [3.05, 3.63) is 33.7 Å². The van der Waals surface area contributed by atoms with E-state index < -0.39 is 11.5 Å². The molecule has 3 heterocycles. The molecular weight excluding hydrogens is 384 g/mol. The maximum Gasteiger partial charge on any atom is 0.268 e. The molecule has 3 saturated carbocycles. The Balaban J connectivity index is 1.49. The van der Waals surface area contributed by atoms with E-state index in [1.54, 1.807) is 12.3 Å². The average Bonchev–Trinajstić information content (AvgIpc) is 2.65. The molecule has 2 aromatic heterocycles. The number of nitrogens with one attached hydrogen (secondary N) is 1. The second-order valence-corrected chi connectivity index (χ2v) is 9.35. The van der Waals surface area contributed by atoms with E-state index in [4.69, 9.17) is 0 Å². The summed E-state index contributed by atoms with van der Waals surface area (Å²) in [6.07, 6.45) is 5.74. The number of pyridine rings is 2. The third kappa shape index (κ3) is 3.18. The van der Waals surface area contributed by atoms with Crippen molar-refractivity contribution in [3.8, 4) is 5.75 Å². The monoisotopic (exact) mass is 412 g/mol. The lowest BCUT2D eigenvalue weighted by atomic mass is 9.50. The van der Waals surface area contributed by atoms with Crippen LogP contribution in [0.3, 0.4) is 0 Å². The van der Waals surface area contributed by atoms with Gasteiger partial charge in [0.2, 0.25) is 0 Å². The van der Waals surface area contributed by atoms with Gasteiger partial charge in [-0.2, -0.15) is 0 Å². The molecule has 1 aliphatic heterocycles. The van der Waals surface area contributed by atoms with Crippen LogP contribution in [-0.2, 0) is 6.54 Å². The van der Waals surface area contributed by atoms with Crippen molar-refractivity contribution in [3.63, 3.8) is 0 Å². The highest BCUT2D eigenvalue weighted by Gasteiger charge is 2.57. The maximum absolute atomic E-state index is 13.3. The summed E-state index contributed by atoms with van der Waals surface area (Å²) in [4.78, 5) is 32.9. The zero-order valence-electron chi connectivity index (χ0n) is 17.2. The first kappa shape index (κ1) is 19.5. The van der Waals surface area contributed by atoms with Crippen LogP contribution in [0.1, 0.15) is 48.0 Å². The molecule has 3 N–H and O–H groups in total. The molecular formula is C22H28N4O4. The molecule has 0 unspecified atom stereocenters. The largest absolute Gasteiger partial charge is 0.506 e. The van der Waals surface area contributed by atoms with E-state index in [-0.39, 0.29) is 23.0 Å². The average molecular weight is 412 g/mol. The number of carbonyl (C=O) groups is 1. The predicted octanol–water partition coefficient (Wildman–Crippen LogP) is 1.15. The van der Waals surface area contributed by atoms with E-state index in [2.05, 4.69) is 15.2 Å². The predicted molar refractivity (Wildman–Crippen MR) is 112 cm³/mol. The van der Waals surface area contributed by atoms with Crippen molar-refractivity contribution in [2.24, 2.45) is 5.92 Å². The summed E-state index contributed by atoms with van der Waals surface area (Å²) in [6.45, 7) is 4.40. The summed E-state index contributed by atoms with van der Waals surface area (Å²) in [5.74, 6) is -0.0800. The van der Waals surface area contributed by atoms with Gasteiger partial charge in [0, 0.05) is 37.9 Å². The fraction of sp³-hybridized carbons (Fsp3) is 0.591. The Morgan fingerprint density at radius 2 is 1.97 bits per heavy atom. The number of carbonyl (C=O) groups excluding carboxylic acids is 1. The SMILES string of the molecule is Cc1cnc2c(c1)c(O)c(C(=O)NC13CC(C1)C3)c(=O)n2CCN1CCC(O)CC1. The van der Waals surface area contributed by atoms with E-state index in [0.29, 0.717) is 30.0 Å². The van der Waals surface area contributed by atoms with Gasteiger partial charge >= 0.3 is 0 Å². The lowest BCUT2D eigenvalue weighted by Crippen LogP contribution is -2.68. The number of hydrogen-bond acceptors (Lipinski definition) is 6. The van der Waals surface area contributed by atoms with E-state index in [1.807, 2.05) is 6.92 Å². The van der Waals surface area contributed by atoms with Crippen LogP contribution in [0.2, 0.25) is 0 Å². The fourth-order valence-electron chi connectivity index (χ4n) is 5.15. The Hall–Kier alpha value is -2.45. The van der Waals surface area contributed by atoms with Crippen molar-refractivity contribution in [2.75, 3.05) is 19.6 Å². The number of piperidine rings is 1. The Bertz CT molecular complexity index is 1050. The van der Waals surface area contributed by atoms with Crippen LogP contribution in [0.5, 0.6) is 5.75 Å². The number of amides is 1. The Morgan fingerprint density at radius 1 is 1.27 bits per heavy atom. The van der Waals surface area contributed by atoms with Gasteiger partial charge in [-0.15, -0.1) is 0 Å². The van der Waals surface area contributed by atoms with Crippen LogP contribution in [0.25, 0.3) is 11.0 Å². The number of aryl methyl sites for hydroxylation is 1. The highest BCUT2D eigenvalue weighted by molar-refractivity contribution is 6.02. The zero-order chi connectivity index (χ0) is 21.0. The van der Waals surface area contributed by atoms with Crippen LogP contribution in [-0.4, -0.2) is 61.8 Å². The molecule has 8 heteroatoms. The first-order valence-corrected chi connectivity index (χ1v) is 10.8. The summed E-state index contributed by atoms with van der Waals surface area (Å²) in [5, 5.41) is 24.0. The molecule has 8 nitrogen and oxygen atoms in total. The molecule has 2 aromatic rings. The van der Waals surface area contributed by atoms with Crippen LogP contribution >= 0.6 is 0 Å². The first-order chi connectivity index (χ1) is 14.3. The molecule has 3 aliphatic carbocycles. The van der Waals surface area contributed by atoms with Crippen molar-refractivity contribution >= 4 is 16.9 Å². The topological polar surface area (TPSA) is 108 Å². The molecule has 30 heavy (non-hydrogen) atoms. The summed E-state index contributed by atoms with van der Waals surface area (Å²) in [7, 11) is 0. The van der Waals surface area contributed by atoms with Gasteiger partial charge in [0.05, 0.1) is 11.5 Å². The van der Waals surface area contributed by atoms with Crippen LogP contribution in [0, 0.1) is 12.8 Å². The fourth-order valence-corrected chi connectivity index (χ4v) is 5.15. The van der Waals surface area contributed by atoms with E-state index >= 15 is 0 Å². The standard InChI is InChI=1S/C22H28N4O4/c1-13-8-16-18(28)17(20(29)24-22-9-14(10-22)11-22)21(30)26(19(16)23-12-13)7-6-25-4-2-15(27)3-5-25/h8,12,14-15,27-28H,2-7,9-11H2,1H3,(H,24,29). The Kier molecular flexibility index (Phi) is 4.59. The quantitative estimate of drug-likeness (QED) is 0.680. The lowest BCUT2D eigenvalue weighted by molar-refractivity contribution is -0.0439. The summed E-state index contributed by atoms with van der Waals surface area (Å²) >= 11 is 0. The van der Waals surface area contributed by atoms with Gasteiger partial charge in [0.25, 0.3) is 11.5 Å². The highest BCUT2D eigenvalue weighted by atomic mass is 16.3. The van der Waals surface area contributed by atoms with Gasteiger partial charge < -0.3 is 20.4 Å². The smallest absolute Gasteiger partial charge is 0.268 e. The second-order valence-electron chi connectivity index (χ2n) is 9.35. The van der Waals surface area contributed by atoms with Crippen molar-refractivity contribution in [1.29, 1.82) is 0 Å². The molecule has 0 aromatic carbocycles. The van der Waals surface area contributed by atoms with Gasteiger partial charge in [-0.05, 0) is 56.6 Å². The molecule has 2 bridgehead atoms. The minimum Gasteiger partial charge on any atom is -0.506 e. The van der Waals surface area contributed by atoms with Crippen molar-refractivity contribution < 1.29 is 15.0 Å². The second kappa shape index (κ2) is 7.06. The minimum absolute atomic E-state index is 0.181. The molecule has 160 valence electrons. The van der Waals surface area contributed by atoms with Gasteiger partial charge in [0.15, 0.2) is 0 Å². The van der Waals surface area contributed by atoms with E-state index in [9.17, 15) is 19.8 Å². The number of nitrogens with zero attached hydrogens (tertiary/aromatic N) is 3. The number of rotatable bonds is 5. The first-order valence-electron chi connectivity index (χ1n) is 10.8. The molecule has 6 rings (SSSR count). The van der Waals surface area contributed by atoms with Crippen LogP contribution in [0.4, 0.5) is 0 Å². The molecule has 4 aliphatic rings. The van der Waals surface area contributed by atoms with Gasteiger partial charge in [-0.1, -0.05) is 0 Å². The summed E-state index contributed by atoms with van der Waals surface area (Å²) in [5.41, 5.74) is 0.368. The van der Waals surface area contributed by atoms with Crippen molar-refractivity contribution in [1.82, 2.24) is 19.8 Å². The minimum atomic E-state index is -0.502. The number of aliphatic hydroxyl groups is 1. The number of fused-ring (bicyclic) bond motifs is 1. The molecule has 1 amide bonds. The molecule has 1 saturated heterocycles. The molecule has 0 atom stereocenters. The van der Waals surface area contributed by atoms with E-state index in [0.717, 1.165) is 50.8 Å². The van der Waals surface area contributed by atoms with Crippen LogP contribution < -0.4 is 10.9 Å². The maximum atomic E-state index is 13.3. The highest BCUT2D eigenvalue weighted by Crippen LogP contribution is 2.57. The number of aliphatic hydroxyl groups excluding tert-OH is 1. The number of likely N-dealkylation sites (tertiary alicyclic amines) is 1. The summed E-state index contributed by atoms with van der Waals surface area (Å²) < 4.78 is 1.51. The van der Waals surface area contributed by atoms with Crippen molar-refractivity contribution in [2.45, 2.75) is 57.2 Å². The normalized spacial score (nSPS) is 26.3. The van der Waals surface area contributed by atoms with Gasteiger partial charge in [-0.3, -0.25) is 14.2 Å². The zero-order valence-corrected chi connectivity index (χ0v) is 17.2. The Labute approximate surface area is 174 Å². The molecule has 0 spiro atoms. The van der Waals surface area contributed by atoms with Gasteiger partial charge in [-0.25, -0.2) is 4.98 Å². The summed E-state index contributed by atoms with van der Waals surface area (Å²) in [6, 6.07) is 1.77. The van der Waals surface area contributed by atoms with Crippen LogP contribution in [0.15, 0.2) is 17.1 Å². The number of aromatic hydroxyl groups is 1. The number of aromatic nitrogens is 2. The van der Waals surface area contributed by atoms with Gasteiger partial charge in [0.1, 0.15) is 17.0 Å². The number of hydrogen-bond donors (Lipinski definition) is 3. The Morgan fingerprint density at radius 3 is 2.60 bits per heavy atom. The third-order valence-electron chi connectivity index (χ3n) is 7.05. The molecule has 4 fully saturated rings.